The van der Waals surface area contributed by atoms with Crippen LogP contribution in [0.25, 0.3) is 0 Å². The van der Waals surface area contributed by atoms with E-state index in [0.29, 0.717) is 58.1 Å². The zero-order valence-electron chi connectivity index (χ0n) is 27.6. The minimum absolute atomic E-state index is 0.0228. The van der Waals surface area contributed by atoms with Crippen LogP contribution in [0.2, 0.25) is 0 Å². The number of aromatic hydroxyl groups is 1. The second-order valence-corrected chi connectivity index (χ2v) is 15.6. The van der Waals surface area contributed by atoms with Gasteiger partial charge < -0.3 is 39.7 Å². The monoisotopic (exact) mass is 653 g/mol. The molecule has 0 bridgehead atoms. The maximum absolute atomic E-state index is 12.7. The first-order chi connectivity index (χ1) is 22.4. The quantitative estimate of drug-likeness (QED) is 0.168. The predicted octanol–water partition coefficient (Wildman–Crippen LogP) is 3.60. The number of hydrogen-bond donors (Lipinski definition) is 5. The number of rotatable bonds is 7. The molecule has 7 rings (SSSR count). The van der Waals surface area contributed by atoms with Crippen LogP contribution < -0.4 is 0 Å². The molecule has 5 fully saturated rings. The van der Waals surface area contributed by atoms with Crippen LogP contribution in [0.15, 0.2) is 40.9 Å². The molecule has 2 heterocycles. The van der Waals surface area contributed by atoms with Crippen molar-refractivity contribution in [1.82, 2.24) is 0 Å². The molecule has 10 heteroatoms. The number of phenols is 1. The fourth-order valence-electron chi connectivity index (χ4n) is 10.9. The Morgan fingerprint density at radius 2 is 1.79 bits per heavy atom. The molecule has 10 nitrogen and oxygen atoms in total. The number of hydrogen-bond acceptors (Lipinski definition) is 10. The molecule has 0 radical (unpaired) electrons. The number of benzene rings is 1. The van der Waals surface area contributed by atoms with E-state index in [1.54, 1.807) is 25.1 Å². The summed E-state index contributed by atoms with van der Waals surface area (Å²) >= 11 is 0. The number of fused-ring (bicyclic) bond motifs is 5. The Labute approximate surface area is 276 Å². The number of nitrogens with zero attached hydrogens (tertiary/aromatic N) is 1. The van der Waals surface area contributed by atoms with Gasteiger partial charge in [-0.2, -0.15) is 0 Å². The van der Waals surface area contributed by atoms with Crippen molar-refractivity contribution in [2.45, 2.75) is 126 Å². The van der Waals surface area contributed by atoms with Gasteiger partial charge in [0.2, 0.25) is 0 Å². The largest absolute Gasteiger partial charge is 0.508 e. The molecule has 12 atom stereocenters. The number of aliphatic hydroxyl groups excluding tert-OH is 2. The van der Waals surface area contributed by atoms with E-state index in [-0.39, 0.29) is 47.4 Å². The average molecular weight is 654 g/mol. The van der Waals surface area contributed by atoms with Crippen molar-refractivity contribution in [3.05, 3.63) is 41.5 Å². The fraction of sp³-hybridized carbons (Fsp3) is 0.730. The van der Waals surface area contributed by atoms with E-state index >= 15 is 0 Å². The molecule has 0 unspecified atom stereocenters. The summed E-state index contributed by atoms with van der Waals surface area (Å²) in [5.41, 5.74) is -1.00. The molecule has 1 aromatic rings. The Bertz CT molecular complexity index is 1390. The van der Waals surface area contributed by atoms with Gasteiger partial charge in [0, 0.05) is 42.5 Å². The summed E-state index contributed by atoms with van der Waals surface area (Å²) in [5.74, 6) is 0.0225. The van der Waals surface area contributed by atoms with Crippen LogP contribution in [-0.4, -0.2) is 92.8 Å². The van der Waals surface area contributed by atoms with Gasteiger partial charge in [0.05, 0.1) is 29.5 Å². The molecule has 4 saturated carbocycles. The molecule has 1 aromatic carbocycles. The second-order valence-electron chi connectivity index (χ2n) is 15.6. The lowest BCUT2D eigenvalue weighted by Crippen LogP contribution is -2.69. The maximum Gasteiger partial charge on any atom is 0.331 e. The molecule has 0 amide bonds. The highest BCUT2D eigenvalue weighted by Crippen LogP contribution is 2.70. The predicted molar refractivity (Wildman–Crippen MR) is 173 cm³/mol. The number of phenolic OH excluding ortho intramolecular Hbond substituents is 1. The van der Waals surface area contributed by atoms with Gasteiger partial charge in [-0.1, -0.05) is 19.1 Å². The van der Waals surface area contributed by atoms with Gasteiger partial charge >= 0.3 is 5.97 Å². The fourth-order valence-corrected chi connectivity index (χ4v) is 10.9. The molecular formula is C37H51NO9. The third-order valence-corrected chi connectivity index (χ3v) is 13.4. The molecule has 0 aromatic heterocycles. The van der Waals surface area contributed by atoms with Gasteiger partial charge in [0.1, 0.15) is 18.5 Å². The van der Waals surface area contributed by atoms with Crippen molar-refractivity contribution in [1.29, 1.82) is 0 Å². The van der Waals surface area contributed by atoms with Crippen LogP contribution >= 0.6 is 0 Å². The summed E-state index contributed by atoms with van der Waals surface area (Å²) in [5, 5.41) is 55.7. The van der Waals surface area contributed by atoms with E-state index in [2.05, 4.69) is 6.92 Å². The Morgan fingerprint density at radius 1 is 1.02 bits per heavy atom. The Morgan fingerprint density at radius 3 is 2.51 bits per heavy atom. The molecule has 0 spiro atoms. The summed E-state index contributed by atoms with van der Waals surface area (Å²) in [4.78, 5) is 17.0. The molecule has 5 N–H and O–H groups in total. The van der Waals surface area contributed by atoms with Crippen LogP contribution in [0.4, 0.5) is 0 Å². The van der Waals surface area contributed by atoms with Crippen molar-refractivity contribution < 1.29 is 44.5 Å². The highest BCUT2D eigenvalue weighted by atomic mass is 16.7. The number of carbonyl (C=O) groups is 1. The molecule has 6 aliphatic rings. The van der Waals surface area contributed by atoms with Gasteiger partial charge in [-0.25, -0.2) is 4.79 Å². The third-order valence-electron chi connectivity index (χ3n) is 13.4. The van der Waals surface area contributed by atoms with Crippen molar-refractivity contribution in [2.24, 2.45) is 33.6 Å². The van der Waals surface area contributed by atoms with E-state index < -0.39 is 41.2 Å². The Kier molecular flexibility index (Phi) is 8.62. The molecular weight excluding hydrogens is 602 g/mol. The number of esters is 1. The molecule has 47 heavy (non-hydrogen) atoms. The van der Waals surface area contributed by atoms with E-state index in [1.807, 2.05) is 18.3 Å². The minimum Gasteiger partial charge on any atom is -0.508 e. The van der Waals surface area contributed by atoms with Crippen molar-refractivity contribution in [3.63, 3.8) is 0 Å². The van der Waals surface area contributed by atoms with Crippen LogP contribution in [0.3, 0.4) is 0 Å². The summed E-state index contributed by atoms with van der Waals surface area (Å²) in [6, 6.07) is 7.15. The maximum atomic E-state index is 12.7. The third kappa shape index (κ3) is 5.47. The highest BCUT2D eigenvalue weighted by Gasteiger charge is 2.71. The standard InChI is InChI=1S/C37H51NO9/c1-22-33(42)30(40)18-32(46-22)47-26-7-13-35(21-38-16-11-23-3-5-25(39)6-4-23)28-8-12-34(2)27(24-17-31(41)45-20-24)10-15-37(34,44)29(28)9-14-36(35,43)19-26/h3-6,17,21-22,26-30,32-33,39-40,42-44H,7-16,18-20H2,1-2H3/t22-,26-,27-,28-,29-,30-,32+,33-,34+,35-,36+,37+/m1/s1. The van der Waals surface area contributed by atoms with Crippen LogP contribution in [0, 0.1) is 28.6 Å². The van der Waals surface area contributed by atoms with Gasteiger partial charge in [-0.05, 0) is 106 Å². The molecule has 258 valence electrons. The number of carbonyl (C=O) groups excluding carboxylic acids is 1. The number of aliphatic hydroxyl groups is 4. The lowest BCUT2D eigenvalue weighted by Gasteiger charge is -2.66. The SMILES string of the molecule is C[C@H]1O[C@@H](O[C@@H]2CC[C@@]3(C=NCCc4ccc(O)cc4)[C@@H]4CC[C@@]5(C)[C@@H](C6=CC(=O)OC6)CC[C@]5(O)[C@@H]4CC[C@]3(O)C2)C[C@@H](O)[C@@H]1O. The Hall–Kier alpha value is -2.34. The number of ether oxygens (including phenoxy) is 3. The summed E-state index contributed by atoms with van der Waals surface area (Å²) in [6.07, 6.45) is 7.18. The summed E-state index contributed by atoms with van der Waals surface area (Å²) in [6.45, 7) is 4.77. The first kappa shape index (κ1) is 33.2. The molecule has 4 aliphatic carbocycles. The van der Waals surface area contributed by atoms with Crippen molar-refractivity contribution in [2.75, 3.05) is 13.2 Å². The first-order valence-electron chi connectivity index (χ1n) is 17.7. The van der Waals surface area contributed by atoms with E-state index in [9.17, 15) is 30.3 Å². The number of cyclic esters (lactones) is 1. The highest BCUT2D eigenvalue weighted by molar-refractivity contribution is 5.85. The Balaban J connectivity index is 1.15. The van der Waals surface area contributed by atoms with E-state index in [1.165, 1.54) is 0 Å². The van der Waals surface area contributed by atoms with Gasteiger partial charge in [-0.15, -0.1) is 0 Å². The smallest absolute Gasteiger partial charge is 0.331 e. The lowest BCUT2D eigenvalue weighted by molar-refractivity contribution is -0.282. The van der Waals surface area contributed by atoms with Gasteiger partial charge in [0.25, 0.3) is 0 Å². The summed E-state index contributed by atoms with van der Waals surface area (Å²) < 4.78 is 17.6. The van der Waals surface area contributed by atoms with Crippen LogP contribution in [-0.2, 0) is 25.4 Å². The lowest BCUT2D eigenvalue weighted by atomic mass is 9.41. The van der Waals surface area contributed by atoms with Crippen LogP contribution in [0.1, 0.15) is 83.6 Å². The van der Waals surface area contributed by atoms with Crippen molar-refractivity contribution >= 4 is 12.2 Å². The van der Waals surface area contributed by atoms with Crippen LogP contribution in [0.5, 0.6) is 5.75 Å². The number of aliphatic imine (C=N–C) groups is 1. The zero-order chi connectivity index (χ0) is 33.2. The average Bonchev–Trinajstić information content (AvgIpc) is 3.58. The zero-order valence-corrected chi connectivity index (χ0v) is 27.6. The van der Waals surface area contributed by atoms with Crippen molar-refractivity contribution in [3.8, 4) is 5.75 Å². The first-order valence-corrected chi connectivity index (χ1v) is 17.7. The second kappa shape index (κ2) is 12.2. The normalized spacial score (nSPS) is 46.4. The topological polar surface area (TPSA) is 158 Å². The van der Waals surface area contributed by atoms with Gasteiger partial charge in [0.15, 0.2) is 6.29 Å². The minimum atomic E-state index is -1.10. The molecule has 1 saturated heterocycles. The summed E-state index contributed by atoms with van der Waals surface area (Å²) in [7, 11) is 0. The molecule has 2 aliphatic heterocycles. The van der Waals surface area contributed by atoms with Gasteiger partial charge in [-0.3, -0.25) is 4.99 Å². The van der Waals surface area contributed by atoms with E-state index in [0.717, 1.165) is 30.4 Å². The van der Waals surface area contributed by atoms with E-state index in [4.69, 9.17) is 19.2 Å².